The lowest BCUT2D eigenvalue weighted by molar-refractivity contribution is 0.142. The van der Waals surface area contributed by atoms with Crippen LogP contribution < -0.4 is 16.2 Å². The summed E-state index contributed by atoms with van der Waals surface area (Å²) in [6, 6.07) is 22.4. The molecule has 0 atom stereocenters. The number of carbonyl (C=O) groups is 1. The second-order valence-electron chi connectivity index (χ2n) is 10.5. The molecule has 0 saturated heterocycles. The second-order valence-corrected chi connectivity index (χ2v) is 10.5. The van der Waals surface area contributed by atoms with Crippen LogP contribution in [0.4, 0.5) is 21.9 Å². The maximum absolute atomic E-state index is 12.1. The highest BCUT2D eigenvalue weighted by Crippen LogP contribution is 2.46. The minimum Gasteiger partial charge on any atom is -0.443 e. The monoisotopic (exact) mass is 457 g/mol. The number of nitrogens with one attached hydrogen (secondary N) is 3. The molecule has 5 heteroatoms. The molecule has 4 rings (SSSR count). The van der Waals surface area contributed by atoms with Gasteiger partial charge in [-0.05, 0) is 77.1 Å². The van der Waals surface area contributed by atoms with Gasteiger partial charge in [0.15, 0.2) is 0 Å². The van der Waals surface area contributed by atoms with Gasteiger partial charge in [-0.1, -0.05) is 70.2 Å². The largest absolute Gasteiger partial charge is 0.443 e. The molecule has 1 aliphatic rings. The van der Waals surface area contributed by atoms with Crippen molar-refractivity contribution in [3.8, 4) is 0 Å². The third-order valence-corrected chi connectivity index (χ3v) is 6.89. The van der Waals surface area contributed by atoms with E-state index in [-0.39, 0.29) is 17.4 Å². The van der Waals surface area contributed by atoms with E-state index in [2.05, 4.69) is 62.1 Å². The van der Waals surface area contributed by atoms with Crippen LogP contribution in [0.25, 0.3) is 0 Å². The van der Waals surface area contributed by atoms with Crippen molar-refractivity contribution in [1.29, 1.82) is 0 Å². The van der Waals surface area contributed by atoms with E-state index in [0.29, 0.717) is 0 Å². The van der Waals surface area contributed by atoms with Crippen molar-refractivity contribution in [2.45, 2.75) is 64.9 Å². The molecule has 3 aromatic rings. The predicted octanol–water partition coefficient (Wildman–Crippen LogP) is 7.34. The number of hydrogen-bond acceptors (Lipinski definition) is 4. The zero-order valence-corrected chi connectivity index (χ0v) is 20.8. The van der Waals surface area contributed by atoms with Gasteiger partial charge in [0.1, 0.15) is 6.61 Å². The van der Waals surface area contributed by atoms with Crippen molar-refractivity contribution in [2.75, 3.05) is 10.7 Å². The zero-order valence-electron chi connectivity index (χ0n) is 20.8. The van der Waals surface area contributed by atoms with Gasteiger partial charge in [-0.15, -0.1) is 0 Å². The molecule has 34 heavy (non-hydrogen) atoms. The van der Waals surface area contributed by atoms with Gasteiger partial charge in [-0.25, -0.2) is 10.2 Å². The molecule has 0 bridgehead atoms. The number of aryl methyl sites for hydroxylation is 1. The maximum Gasteiger partial charge on any atom is 0.426 e. The summed E-state index contributed by atoms with van der Waals surface area (Å²) in [5.41, 5.74) is 13.6. The summed E-state index contributed by atoms with van der Waals surface area (Å²) in [4.78, 5) is 12.1. The summed E-state index contributed by atoms with van der Waals surface area (Å²) in [6.45, 7) is 11.6. The van der Waals surface area contributed by atoms with Crippen LogP contribution in [0.1, 0.15) is 62.8 Å². The Balaban J connectivity index is 1.43. The Kier molecular flexibility index (Phi) is 6.56. The van der Waals surface area contributed by atoms with Crippen molar-refractivity contribution in [3.63, 3.8) is 0 Å². The Morgan fingerprint density at radius 1 is 0.853 bits per heavy atom. The molecule has 5 nitrogen and oxygen atoms in total. The number of rotatable bonds is 6. The molecule has 0 unspecified atom stereocenters. The van der Waals surface area contributed by atoms with E-state index in [0.717, 1.165) is 28.2 Å². The van der Waals surface area contributed by atoms with Gasteiger partial charge in [0.25, 0.3) is 0 Å². The molecule has 0 saturated carbocycles. The molecule has 0 heterocycles. The quantitative estimate of drug-likeness (QED) is 0.339. The highest BCUT2D eigenvalue weighted by atomic mass is 16.6. The number of amides is 1. The maximum atomic E-state index is 12.1. The van der Waals surface area contributed by atoms with Gasteiger partial charge in [-0.3, -0.25) is 5.43 Å². The lowest BCUT2D eigenvalue weighted by Gasteiger charge is -2.42. The number of hydrogen-bond donors (Lipinski definition) is 3. The Morgan fingerprint density at radius 3 is 2.24 bits per heavy atom. The minimum atomic E-state index is -0.527. The third-order valence-electron chi connectivity index (χ3n) is 6.89. The van der Waals surface area contributed by atoms with Crippen LogP contribution in [0, 0.1) is 6.92 Å². The van der Waals surface area contributed by atoms with Crippen LogP contribution >= 0.6 is 0 Å². The van der Waals surface area contributed by atoms with Crippen LogP contribution in [0.15, 0.2) is 66.7 Å². The summed E-state index contributed by atoms with van der Waals surface area (Å²) >= 11 is 0. The molecule has 0 aliphatic heterocycles. The number of ether oxygens (including phenoxy) is 1. The number of fused-ring (bicyclic) bond motifs is 1. The molecule has 3 N–H and O–H groups in total. The molecule has 0 aromatic heterocycles. The average molecular weight is 458 g/mol. The summed E-state index contributed by atoms with van der Waals surface area (Å²) in [6.07, 6.45) is 1.86. The zero-order chi connectivity index (χ0) is 24.3. The van der Waals surface area contributed by atoms with Crippen molar-refractivity contribution in [2.24, 2.45) is 0 Å². The average Bonchev–Trinajstić information content (AvgIpc) is 2.82. The van der Waals surface area contributed by atoms with Crippen molar-refractivity contribution in [3.05, 3.63) is 89.0 Å². The van der Waals surface area contributed by atoms with Gasteiger partial charge in [-0.2, -0.15) is 0 Å². The van der Waals surface area contributed by atoms with E-state index in [1.807, 2.05) is 55.5 Å². The van der Waals surface area contributed by atoms with Gasteiger partial charge in [0.05, 0.1) is 5.69 Å². The minimum absolute atomic E-state index is 0.159. The van der Waals surface area contributed by atoms with Gasteiger partial charge in [0, 0.05) is 11.4 Å². The van der Waals surface area contributed by atoms with Crippen LogP contribution in [0.3, 0.4) is 0 Å². The molecule has 0 radical (unpaired) electrons. The number of carbonyl (C=O) groups excluding carboxylic acids is 1. The van der Waals surface area contributed by atoms with Gasteiger partial charge in [0.2, 0.25) is 0 Å². The van der Waals surface area contributed by atoms with Crippen LogP contribution in [0.5, 0.6) is 0 Å². The van der Waals surface area contributed by atoms with Crippen molar-refractivity contribution < 1.29 is 9.53 Å². The van der Waals surface area contributed by atoms with Crippen molar-refractivity contribution >= 4 is 23.2 Å². The molecule has 1 amide bonds. The molecule has 178 valence electrons. The molecular weight excluding hydrogens is 422 g/mol. The molecular formula is C29H35N3O2. The number of hydrazine groups is 1. The standard InChI is InChI=1S/C29H35N3O2/c1-20-11-12-23(18-26(20)31-32-27(33)34-19-21-9-7-6-8-10-21)30-22-13-14-24-25(17-22)29(4,5)16-15-28(24,2)3/h6-14,17-18,30-31H,15-16,19H2,1-5H3,(H,32,33). The summed E-state index contributed by atoms with van der Waals surface area (Å²) in [7, 11) is 0. The highest BCUT2D eigenvalue weighted by molar-refractivity contribution is 5.72. The third kappa shape index (κ3) is 5.36. The first-order chi connectivity index (χ1) is 16.1. The smallest absolute Gasteiger partial charge is 0.426 e. The molecule has 0 fully saturated rings. The lowest BCUT2D eigenvalue weighted by atomic mass is 9.63. The Morgan fingerprint density at radius 2 is 1.50 bits per heavy atom. The Hall–Kier alpha value is -3.47. The van der Waals surface area contributed by atoms with Crippen LogP contribution in [-0.2, 0) is 22.2 Å². The Bertz CT molecular complexity index is 1170. The first kappa shape index (κ1) is 23.7. The fourth-order valence-corrected chi connectivity index (χ4v) is 4.55. The first-order valence-electron chi connectivity index (χ1n) is 11.9. The van der Waals surface area contributed by atoms with Crippen LogP contribution in [0.2, 0.25) is 0 Å². The molecule has 1 aliphatic carbocycles. The fourth-order valence-electron chi connectivity index (χ4n) is 4.55. The van der Waals surface area contributed by atoms with E-state index in [1.54, 1.807) is 0 Å². The summed E-state index contributed by atoms with van der Waals surface area (Å²) in [5, 5.41) is 3.54. The normalized spacial score (nSPS) is 15.7. The fraction of sp³-hybridized carbons (Fsp3) is 0.345. The predicted molar refractivity (Wildman–Crippen MR) is 140 cm³/mol. The number of benzene rings is 3. The SMILES string of the molecule is Cc1ccc(Nc2ccc3c(c2)C(C)(C)CCC3(C)C)cc1NNC(=O)OCc1ccccc1. The lowest BCUT2D eigenvalue weighted by Crippen LogP contribution is -2.33. The second kappa shape index (κ2) is 9.41. The van der Waals surface area contributed by atoms with E-state index in [4.69, 9.17) is 4.74 Å². The first-order valence-corrected chi connectivity index (χ1v) is 11.9. The van der Waals surface area contributed by atoms with Crippen molar-refractivity contribution in [1.82, 2.24) is 5.43 Å². The topological polar surface area (TPSA) is 62.4 Å². The summed E-state index contributed by atoms with van der Waals surface area (Å²) < 4.78 is 5.28. The highest BCUT2D eigenvalue weighted by Gasteiger charge is 2.36. The number of anilines is 3. The summed E-state index contributed by atoms with van der Waals surface area (Å²) in [5.74, 6) is 0. The molecule has 3 aromatic carbocycles. The van der Waals surface area contributed by atoms with E-state index >= 15 is 0 Å². The van der Waals surface area contributed by atoms with Gasteiger partial charge < -0.3 is 10.1 Å². The van der Waals surface area contributed by atoms with E-state index in [9.17, 15) is 4.79 Å². The molecule has 0 spiro atoms. The Labute approximate surface area is 202 Å². The van der Waals surface area contributed by atoms with E-state index in [1.165, 1.54) is 24.0 Å². The van der Waals surface area contributed by atoms with E-state index < -0.39 is 6.09 Å². The van der Waals surface area contributed by atoms with Crippen LogP contribution in [-0.4, -0.2) is 6.09 Å². The van der Waals surface area contributed by atoms with Gasteiger partial charge >= 0.3 is 6.09 Å².